The molecule has 0 saturated carbocycles. The largest absolute Gasteiger partial charge is 0.384 e. The van der Waals surface area contributed by atoms with Crippen molar-refractivity contribution in [3.05, 3.63) is 53.2 Å². The molecule has 4 heteroatoms. The molecule has 1 aromatic carbocycles. The fourth-order valence-electron chi connectivity index (χ4n) is 1.99. The number of nitrogens with one attached hydrogen (secondary N) is 2. The first kappa shape index (κ1) is 15.0. The molecule has 2 aromatic rings. The quantitative estimate of drug-likeness (QED) is 0.878. The van der Waals surface area contributed by atoms with E-state index in [0.29, 0.717) is 11.4 Å². The van der Waals surface area contributed by atoms with Gasteiger partial charge in [-0.1, -0.05) is 24.6 Å². The standard InChI is InChI=1S/C17H21N3O/c1-4-9-18-15-7-5-12(2)10-14(15)17(21)20-16-8-6-13(3)11-19-16/h5-8,10-11,18H,4,9H2,1-3H3,(H,19,20,21). The maximum atomic E-state index is 12.4. The van der Waals surface area contributed by atoms with Crippen LogP contribution in [0.3, 0.4) is 0 Å². The van der Waals surface area contributed by atoms with Crippen molar-refractivity contribution in [2.75, 3.05) is 17.2 Å². The van der Waals surface area contributed by atoms with Crippen molar-refractivity contribution in [1.82, 2.24) is 4.98 Å². The number of pyridine rings is 1. The zero-order valence-corrected chi connectivity index (χ0v) is 12.7. The van der Waals surface area contributed by atoms with Gasteiger partial charge in [-0.25, -0.2) is 4.98 Å². The van der Waals surface area contributed by atoms with Crippen molar-refractivity contribution in [3.8, 4) is 0 Å². The molecule has 1 heterocycles. The third kappa shape index (κ3) is 4.05. The van der Waals surface area contributed by atoms with E-state index in [-0.39, 0.29) is 5.91 Å². The smallest absolute Gasteiger partial charge is 0.258 e. The number of aromatic nitrogens is 1. The summed E-state index contributed by atoms with van der Waals surface area (Å²) in [6.07, 6.45) is 2.75. The lowest BCUT2D eigenvalue weighted by Crippen LogP contribution is -2.16. The first-order valence-corrected chi connectivity index (χ1v) is 7.18. The van der Waals surface area contributed by atoms with E-state index in [4.69, 9.17) is 0 Å². The van der Waals surface area contributed by atoms with Crippen molar-refractivity contribution in [1.29, 1.82) is 0 Å². The highest BCUT2D eigenvalue weighted by atomic mass is 16.1. The molecule has 0 aliphatic rings. The lowest BCUT2D eigenvalue weighted by molar-refractivity contribution is 0.102. The first-order chi connectivity index (χ1) is 10.1. The molecule has 0 aliphatic heterocycles. The van der Waals surface area contributed by atoms with Crippen LogP contribution in [0.25, 0.3) is 0 Å². The van der Waals surface area contributed by atoms with Crippen LogP contribution in [0.2, 0.25) is 0 Å². The molecule has 0 saturated heterocycles. The van der Waals surface area contributed by atoms with Crippen molar-refractivity contribution in [2.45, 2.75) is 27.2 Å². The minimum Gasteiger partial charge on any atom is -0.384 e. The molecule has 0 bridgehead atoms. The topological polar surface area (TPSA) is 54.0 Å². The fourth-order valence-corrected chi connectivity index (χ4v) is 1.99. The summed E-state index contributed by atoms with van der Waals surface area (Å²) in [5.41, 5.74) is 3.62. The van der Waals surface area contributed by atoms with E-state index >= 15 is 0 Å². The average Bonchev–Trinajstić information content (AvgIpc) is 2.48. The fraction of sp³-hybridized carbons (Fsp3) is 0.294. The number of amides is 1. The van der Waals surface area contributed by atoms with Gasteiger partial charge in [-0.2, -0.15) is 0 Å². The predicted octanol–water partition coefficient (Wildman–Crippen LogP) is 3.77. The Bertz CT molecular complexity index is 620. The molecule has 0 unspecified atom stereocenters. The van der Waals surface area contributed by atoms with Crippen LogP contribution in [0.1, 0.15) is 34.8 Å². The summed E-state index contributed by atoms with van der Waals surface area (Å²) in [6.45, 7) is 6.87. The molecular formula is C17H21N3O. The maximum Gasteiger partial charge on any atom is 0.258 e. The maximum absolute atomic E-state index is 12.4. The monoisotopic (exact) mass is 283 g/mol. The second-order valence-electron chi connectivity index (χ2n) is 5.15. The van der Waals surface area contributed by atoms with Crippen molar-refractivity contribution < 1.29 is 4.79 Å². The number of rotatable bonds is 5. The van der Waals surface area contributed by atoms with E-state index in [2.05, 4.69) is 22.5 Å². The average molecular weight is 283 g/mol. The van der Waals surface area contributed by atoms with Crippen LogP contribution in [0.5, 0.6) is 0 Å². The van der Waals surface area contributed by atoms with Gasteiger partial charge in [0, 0.05) is 18.4 Å². The molecule has 21 heavy (non-hydrogen) atoms. The highest BCUT2D eigenvalue weighted by Crippen LogP contribution is 2.19. The summed E-state index contributed by atoms with van der Waals surface area (Å²) in [7, 11) is 0. The molecule has 2 rings (SSSR count). The molecule has 0 aliphatic carbocycles. The Kier molecular flexibility index (Phi) is 4.93. The van der Waals surface area contributed by atoms with Crippen LogP contribution in [-0.4, -0.2) is 17.4 Å². The van der Waals surface area contributed by atoms with Gasteiger partial charge >= 0.3 is 0 Å². The van der Waals surface area contributed by atoms with E-state index in [9.17, 15) is 4.79 Å². The van der Waals surface area contributed by atoms with Gasteiger partial charge < -0.3 is 10.6 Å². The molecule has 0 atom stereocenters. The summed E-state index contributed by atoms with van der Waals surface area (Å²) in [5.74, 6) is 0.419. The van der Waals surface area contributed by atoms with Crippen molar-refractivity contribution >= 4 is 17.4 Å². The van der Waals surface area contributed by atoms with Gasteiger partial charge in [-0.15, -0.1) is 0 Å². The number of carbonyl (C=O) groups is 1. The zero-order valence-electron chi connectivity index (χ0n) is 12.7. The van der Waals surface area contributed by atoms with Crippen LogP contribution in [0.15, 0.2) is 36.5 Å². The lowest BCUT2D eigenvalue weighted by Gasteiger charge is -2.12. The summed E-state index contributed by atoms with van der Waals surface area (Å²) in [6, 6.07) is 9.57. The van der Waals surface area contributed by atoms with Crippen LogP contribution >= 0.6 is 0 Å². The van der Waals surface area contributed by atoms with Crippen LogP contribution in [-0.2, 0) is 0 Å². The number of nitrogens with zero attached hydrogens (tertiary/aromatic N) is 1. The number of carbonyl (C=O) groups excluding carboxylic acids is 1. The summed E-state index contributed by atoms with van der Waals surface area (Å²) in [4.78, 5) is 16.6. The Morgan fingerprint density at radius 1 is 1.14 bits per heavy atom. The van der Waals surface area contributed by atoms with Gasteiger partial charge in [-0.3, -0.25) is 4.79 Å². The van der Waals surface area contributed by atoms with E-state index in [1.165, 1.54) is 0 Å². The molecule has 110 valence electrons. The third-order valence-electron chi connectivity index (χ3n) is 3.14. The molecule has 0 fully saturated rings. The Balaban J connectivity index is 2.20. The summed E-state index contributed by atoms with van der Waals surface area (Å²) < 4.78 is 0. The third-order valence-corrected chi connectivity index (χ3v) is 3.14. The van der Waals surface area contributed by atoms with Crippen LogP contribution in [0, 0.1) is 13.8 Å². The van der Waals surface area contributed by atoms with Crippen LogP contribution in [0.4, 0.5) is 11.5 Å². The van der Waals surface area contributed by atoms with E-state index in [1.54, 1.807) is 6.20 Å². The minimum absolute atomic E-state index is 0.145. The SMILES string of the molecule is CCCNc1ccc(C)cc1C(=O)Nc1ccc(C)cn1. The number of hydrogen-bond donors (Lipinski definition) is 2. The van der Waals surface area contributed by atoms with Crippen molar-refractivity contribution in [3.63, 3.8) is 0 Å². The predicted molar refractivity (Wildman–Crippen MR) is 86.9 cm³/mol. The lowest BCUT2D eigenvalue weighted by atomic mass is 10.1. The molecule has 0 spiro atoms. The van der Waals surface area contributed by atoms with Gasteiger partial charge in [0.1, 0.15) is 5.82 Å². The van der Waals surface area contributed by atoms with Gasteiger partial charge in [0.15, 0.2) is 0 Å². The zero-order chi connectivity index (χ0) is 15.2. The first-order valence-electron chi connectivity index (χ1n) is 7.18. The Hall–Kier alpha value is -2.36. The molecule has 1 amide bonds. The normalized spacial score (nSPS) is 10.2. The van der Waals surface area contributed by atoms with Crippen molar-refractivity contribution in [2.24, 2.45) is 0 Å². The van der Waals surface area contributed by atoms with Gasteiger partial charge in [-0.05, 0) is 44.0 Å². The number of anilines is 2. The Labute approximate surface area is 125 Å². The van der Waals surface area contributed by atoms with E-state index < -0.39 is 0 Å². The summed E-state index contributed by atoms with van der Waals surface area (Å²) in [5, 5.41) is 6.12. The highest BCUT2D eigenvalue weighted by Gasteiger charge is 2.12. The second-order valence-corrected chi connectivity index (χ2v) is 5.15. The van der Waals surface area contributed by atoms with E-state index in [0.717, 1.165) is 29.8 Å². The van der Waals surface area contributed by atoms with Gasteiger partial charge in [0.25, 0.3) is 5.91 Å². The number of hydrogen-bond acceptors (Lipinski definition) is 3. The molecular weight excluding hydrogens is 262 g/mol. The van der Waals surface area contributed by atoms with Crippen LogP contribution < -0.4 is 10.6 Å². The second kappa shape index (κ2) is 6.88. The molecule has 1 aromatic heterocycles. The Morgan fingerprint density at radius 3 is 2.57 bits per heavy atom. The minimum atomic E-state index is -0.145. The van der Waals surface area contributed by atoms with E-state index in [1.807, 2.05) is 44.2 Å². The molecule has 2 N–H and O–H groups in total. The highest BCUT2D eigenvalue weighted by molar-refractivity contribution is 6.07. The number of aryl methyl sites for hydroxylation is 2. The number of benzene rings is 1. The summed E-state index contributed by atoms with van der Waals surface area (Å²) >= 11 is 0. The molecule has 0 radical (unpaired) electrons. The van der Waals surface area contributed by atoms with Gasteiger partial charge in [0.05, 0.1) is 5.56 Å². The van der Waals surface area contributed by atoms with Gasteiger partial charge in [0.2, 0.25) is 0 Å². The Morgan fingerprint density at radius 2 is 1.90 bits per heavy atom. The molecule has 4 nitrogen and oxygen atoms in total.